The SMILES string of the molecule is CCOC(=O)c1c(C)[nH]c(C)c1C(=O)/C(C#N)=C/c1ccc(Cl)c([N+](=O)[O-])c1. The molecule has 144 valence electrons. The van der Waals surface area contributed by atoms with Gasteiger partial charge in [0.2, 0.25) is 5.78 Å². The minimum absolute atomic E-state index is 0.0345. The molecule has 8 nitrogen and oxygen atoms in total. The Morgan fingerprint density at radius 1 is 1.32 bits per heavy atom. The third-order valence-electron chi connectivity index (χ3n) is 3.92. The number of carbonyl (C=O) groups is 2. The number of Topliss-reactive ketones (excluding diaryl/α,β-unsaturated/α-hetero) is 1. The first kappa shape index (κ1) is 20.9. The Balaban J connectivity index is 2.55. The van der Waals surface area contributed by atoms with E-state index in [0.29, 0.717) is 11.4 Å². The summed E-state index contributed by atoms with van der Waals surface area (Å²) in [4.78, 5) is 38.5. The summed E-state index contributed by atoms with van der Waals surface area (Å²) in [5.74, 6) is -1.36. The number of aryl methyl sites for hydroxylation is 2. The highest BCUT2D eigenvalue weighted by molar-refractivity contribution is 6.32. The molecule has 1 aromatic carbocycles. The number of benzene rings is 1. The highest BCUT2D eigenvalue weighted by atomic mass is 35.5. The maximum absolute atomic E-state index is 13.0. The van der Waals surface area contributed by atoms with Crippen LogP contribution in [0.1, 0.15) is 44.6 Å². The van der Waals surface area contributed by atoms with Crippen LogP contribution in [0.2, 0.25) is 5.02 Å². The number of nitrogens with zero attached hydrogens (tertiary/aromatic N) is 2. The molecule has 0 unspecified atom stereocenters. The van der Waals surface area contributed by atoms with Gasteiger partial charge in [0.05, 0.1) is 22.7 Å². The van der Waals surface area contributed by atoms with Crippen LogP contribution in [0, 0.1) is 35.3 Å². The van der Waals surface area contributed by atoms with Crippen molar-refractivity contribution in [2.75, 3.05) is 6.61 Å². The lowest BCUT2D eigenvalue weighted by molar-refractivity contribution is -0.384. The number of hydrogen-bond acceptors (Lipinski definition) is 6. The van der Waals surface area contributed by atoms with Crippen LogP contribution in [0.3, 0.4) is 0 Å². The first-order valence-electron chi connectivity index (χ1n) is 8.17. The third kappa shape index (κ3) is 4.10. The number of aromatic nitrogens is 1. The van der Waals surface area contributed by atoms with Gasteiger partial charge in [0.1, 0.15) is 16.7 Å². The standard InChI is InChI=1S/C19H16ClN3O5/c1-4-28-19(25)17-11(3)22-10(2)16(17)18(24)13(9-21)7-12-5-6-14(20)15(8-12)23(26)27/h5-8,22H,4H2,1-3H3/b13-7+. The molecule has 1 heterocycles. The van der Waals surface area contributed by atoms with Crippen molar-refractivity contribution in [1.82, 2.24) is 4.98 Å². The van der Waals surface area contributed by atoms with Crippen molar-refractivity contribution in [1.29, 1.82) is 5.26 Å². The molecule has 0 aliphatic rings. The molecular weight excluding hydrogens is 386 g/mol. The minimum Gasteiger partial charge on any atom is -0.462 e. The van der Waals surface area contributed by atoms with Crippen LogP contribution in [-0.4, -0.2) is 28.3 Å². The molecular formula is C19H16ClN3O5. The van der Waals surface area contributed by atoms with E-state index in [9.17, 15) is 25.0 Å². The van der Waals surface area contributed by atoms with E-state index in [-0.39, 0.29) is 39.6 Å². The third-order valence-corrected chi connectivity index (χ3v) is 4.24. The van der Waals surface area contributed by atoms with Gasteiger partial charge in [0, 0.05) is 17.5 Å². The molecule has 9 heteroatoms. The van der Waals surface area contributed by atoms with Crippen LogP contribution in [0.5, 0.6) is 0 Å². The monoisotopic (exact) mass is 401 g/mol. The Bertz CT molecular complexity index is 1050. The number of carbonyl (C=O) groups excluding carboxylic acids is 2. The first-order chi connectivity index (χ1) is 13.2. The number of aromatic amines is 1. The molecule has 2 rings (SSSR count). The number of nitriles is 1. The average Bonchev–Trinajstić information content (AvgIpc) is 2.94. The molecule has 1 N–H and O–H groups in total. The van der Waals surface area contributed by atoms with E-state index in [1.54, 1.807) is 26.8 Å². The number of rotatable bonds is 6. The van der Waals surface area contributed by atoms with Crippen molar-refractivity contribution < 1.29 is 19.2 Å². The molecule has 0 fully saturated rings. The van der Waals surface area contributed by atoms with Gasteiger partial charge in [-0.05, 0) is 38.5 Å². The van der Waals surface area contributed by atoms with Gasteiger partial charge in [0.25, 0.3) is 5.69 Å². The Labute approximate surface area is 165 Å². The van der Waals surface area contributed by atoms with Gasteiger partial charge in [-0.3, -0.25) is 14.9 Å². The van der Waals surface area contributed by atoms with Gasteiger partial charge >= 0.3 is 5.97 Å². The van der Waals surface area contributed by atoms with Crippen LogP contribution < -0.4 is 0 Å². The maximum Gasteiger partial charge on any atom is 0.340 e. The van der Waals surface area contributed by atoms with E-state index < -0.39 is 16.7 Å². The van der Waals surface area contributed by atoms with Crippen LogP contribution in [0.25, 0.3) is 6.08 Å². The van der Waals surface area contributed by atoms with E-state index in [1.807, 2.05) is 0 Å². The van der Waals surface area contributed by atoms with Crippen molar-refractivity contribution >= 4 is 35.1 Å². The number of H-pyrrole nitrogens is 1. The molecule has 0 saturated carbocycles. The van der Waals surface area contributed by atoms with Crippen molar-refractivity contribution in [3.63, 3.8) is 0 Å². The quantitative estimate of drug-likeness (QED) is 0.193. The average molecular weight is 402 g/mol. The smallest absolute Gasteiger partial charge is 0.340 e. The van der Waals surface area contributed by atoms with E-state index in [4.69, 9.17) is 16.3 Å². The van der Waals surface area contributed by atoms with E-state index >= 15 is 0 Å². The number of ether oxygens (including phenoxy) is 1. The summed E-state index contributed by atoms with van der Waals surface area (Å²) >= 11 is 5.78. The number of nitrogens with one attached hydrogen (secondary N) is 1. The number of hydrogen-bond donors (Lipinski definition) is 1. The summed E-state index contributed by atoms with van der Waals surface area (Å²) in [6.45, 7) is 4.99. The van der Waals surface area contributed by atoms with Crippen molar-refractivity contribution in [2.45, 2.75) is 20.8 Å². The van der Waals surface area contributed by atoms with Gasteiger partial charge in [-0.1, -0.05) is 17.7 Å². The number of allylic oxidation sites excluding steroid dienone is 1. The molecule has 0 bridgehead atoms. The molecule has 0 radical (unpaired) electrons. The molecule has 0 saturated heterocycles. The van der Waals surface area contributed by atoms with Crippen molar-refractivity contribution in [3.8, 4) is 6.07 Å². The number of nitro benzene ring substituents is 1. The highest BCUT2D eigenvalue weighted by Gasteiger charge is 2.27. The zero-order valence-electron chi connectivity index (χ0n) is 15.3. The predicted octanol–water partition coefficient (Wildman–Crippen LogP) is 4.16. The van der Waals surface area contributed by atoms with Gasteiger partial charge < -0.3 is 9.72 Å². The summed E-state index contributed by atoms with van der Waals surface area (Å²) in [6, 6.07) is 5.70. The second kappa shape index (κ2) is 8.50. The Hall–Kier alpha value is -3.44. The fourth-order valence-corrected chi connectivity index (χ4v) is 2.92. The van der Waals surface area contributed by atoms with Gasteiger partial charge in [-0.15, -0.1) is 0 Å². The molecule has 2 aromatic rings. The second-order valence-electron chi connectivity index (χ2n) is 5.81. The molecule has 0 atom stereocenters. The van der Waals surface area contributed by atoms with E-state index in [0.717, 1.165) is 6.07 Å². The van der Waals surface area contributed by atoms with Crippen LogP contribution in [-0.2, 0) is 4.74 Å². The van der Waals surface area contributed by atoms with Gasteiger partial charge in [0.15, 0.2) is 0 Å². The second-order valence-corrected chi connectivity index (χ2v) is 6.22. The number of nitro groups is 1. The van der Waals surface area contributed by atoms with Crippen LogP contribution in [0.15, 0.2) is 23.8 Å². The zero-order chi connectivity index (χ0) is 21.0. The fourth-order valence-electron chi connectivity index (χ4n) is 2.73. The van der Waals surface area contributed by atoms with Crippen molar-refractivity contribution in [3.05, 3.63) is 67.0 Å². The minimum atomic E-state index is -0.690. The highest BCUT2D eigenvalue weighted by Crippen LogP contribution is 2.27. The summed E-state index contributed by atoms with van der Waals surface area (Å²) in [5.41, 5.74) is 0.571. The Morgan fingerprint density at radius 3 is 2.54 bits per heavy atom. The summed E-state index contributed by atoms with van der Waals surface area (Å²) < 4.78 is 5.00. The lowest BCUT2D eigenvalue weighted by Crippen LogP contribution is -2.13. The summed E-state index contributed by atoms with van der Waals surface area (Å²) in [6.07, 6.45) is 1.21. The Kier molecular flexibility index (Phi) is 6.33. The molecule has 0 amide bonds. The zero-order valence-corrected chi connectivity index (χ0v) is 16.1. The molecule has 0 aliphatic carbocycles. The number of esters is 1. The van der Waals surface area contributed by atoms with Crippen LogP contribution in [0.4, 0.5) is 5.69 Å². The normalized spacial score (nSPS) is 11.0. The first-order valence-corrected chi connectivity index (χ1v) is 8.55. The maximum atomic E-state index is 13.0. The molecule has 0 aliphatic heterocycles. The predicted molar refractivity (Wildman–Crippen MR) is 102 cm³/mol. The lowest BCUT2D eigenvalue weighted by atomic mass is 9.98. The Morgan fingerprint density at radius 2 is 1.96 bits per heavy atom. The molecule has 1 aromatic heterocycles. The molecule has 28 heavy (non-hydrogen) atoms. The summed E-state index contributed by atoms with van der Waals surface area (Å²) in [5, 5.41) is 20.4. The largest absolute Gasteiger partial charge is 0.462 e. The van der Waals surface area contributed by atoms with Crippen LogP contribution >= 0.6 is 11.6 Å². The van der Waals surface area contributed by atoms with Gasteiger partial charge in [-0.2, -0.15) is 5.26 Å². The van der Waals surface area contributed by atoms with E-state index in [2.05, 4.69) is 4.98 Å². The number of ketones is 1. The van der Waals surface area contributed by atoms with Crippen molar-refractivity contribution in [2.24, 2.45) is 0 Å². The number of halogens is 1. The molecule has 0 spiro atoms. The van der Waals surface area contributed by atoms with E-state index in [1.165, 1.54) is 18.2 Å². The fraction of sp³-hybridized carbons (Fsp3) is 0.211. The summed E-state index contributed by atoms with van der Waals surface area (Å²) in [7, 11) is 0. The van der Waals surface area contributed by atoms with Gasteiger partial charge in [-0.25, -0.2) is 4.79 Å². The lowest BCUT2D eigenvalue weighted by Gasteiger charge is -2.05. The topological polar surface area (TPSA) is 126 Å².